The van der Waals surface area contributed by atoms with Crippen molar-refractivity contribution < 1.29 is 14.4 Å². The van der Waals surface area contributed by atoms with Gasteiger partial charge >= 0.3 is 6.03 Å². The average molecular weight is 380 g/mol. The molecular weight excluding hydrogens is 346 g/mol. The van der Waals surface area contributed by atoms with E-state index in [0.717, 1.165) is 51.9 Å². The Morgan fingerprint density at radius 1 is 0.741 bits per heavy atom. The molecule has 3 aliphatic rings. The van der Waals surface area contributed by atoms with Crippen LogP contribution in [0.2, 0.25) is 0 Å². The van der Waals surface area contributed by atoms with Gasteiger partial charge in [0.2, 0.25) is 11.8 Å². The fourth-order valence-corrected chi connectivity index (χ4v) is 3.99. The van der Waals surface area contributed by atoms with Crippen molar-refractivity contribution in [2.24, 2.45) is 0 Å². The SMILES string of the molecule is CN1CCN(C(=O)N2CCN(C(=O)CN3CCCCCCC3=O)CC2)CC1. The first-order valence-electron chi connectivity index (χ1n) is 10.3. The van der Waals surface area contributed by atoms with Crippen molar-refractivity contribution in [3.8, 4) is 0 Å². The third-order valence-electron chi connectivity index (χ3n) is 5.92. The monoisotopic (exact) mass is 379 g/mol. The second-order valence-electron chi connectivity index (χ2n) is 7.92. The van der Waals surface area contributed by atoms with E-state index < -0.39 is 0 Å². The smallest absolute Gasteiger partial charge is 0.320 e. The minimum absolute atomic E-state index is 0.00983. The summed E-state index contributed by atoms with van der Waals surface area (Å²) in [4.78, 5) is 47.0. The summed E-state index contributed by atoms with van der Waals surface area (Å²) in [5, 5.41) is 0. The summed E-state index contributed by atoms with van der Waals surface area (Å²) < 4.78 is 0. The van der Waals surface area contributed by atoms with E-state index in [9.17, 15) is 14.4 Å². The van der Waals surface area contributed by atoms with Crippen molar-refractivity contribution in [3.63, 3.8) is 0 Å². The number of amides is 4. The topological polar surface area (TPSA) is 67.4 Å². The van der Waals surface area contributed by atoms with Crippen LogP contribution in [-0.4, -0.2) is 115 Å². The van der Waals surface area contributed by atoms with E-state index in [2.05, 4.69) is 11.9 Å². The molecule has 4 amide bonds. The lowest BCUT2D eigenvalue weighted by Crippen LogP contribution is -2.57. The van der Waals surface area contributed by atoms with Crippen molar-refractivity contribution in [3.05, 3.63) is 0 Å². The van der Waals surface area contributed by atoms with Gasteiger partial charge in [0.1, 0.15) is 0 Å². The van der Waals surface area contributed by atoms with E-state index in [0.29, 0.717) is 39.1 Å². The zero-order chi connectivity index (χ0) is 19.2. The zero-order valence-corrected chi connectivity index (χ0v) is 16.6. The lowest BCUT2D eigenvalue weighted by Gasteiger charge is -2.40. The summed E-state index contributed by atoms with van der Waals surface area (Å²) in [6.45, 7) is 6.49. The number of hydrogen-bond donors (Lipinski definition) is 0. The number of carbonyl (C=O) groups is 3. The molecule has 0 unspecified atom stereocenters. The Hall–Kier alpha value is -1.83. The van der Waals surface area contributed by atoms with E-state index in [1.807, 2.05) is 9.80 Å². The predicted molar refractivity (Wildman–Crippen MR) is 102 cm³/mol. The molecule has 0 aromatic rings. The second-order valence-corrected chi connectivity index (χ2v) is 7.92. The number of rotatable bonds is 2. The van der Waals surface area contributed by atoms with Crippen molar-refractivity contribution in [1.82, 2.24) is 24.5 Å². The average Bonchev–Trinajstić information content (AvgIpc) is 2.68. The molecule has 3 fully saturated rings. The molecule has 0 spiro atoms. The zero-order valence-electron chi connectivity index (χ0n) is 16.6. The molecule has 0 radical (unpaired) electrons. The molecule has 3 saturated heterocycles. The Bertz CT molecular complexity index is 539. The Balaban J connectivity index is 1.44. The summed E-state index contributed by atoms with van der Waals surface area (Å²) in [6.07, 6.45) is 4.70. The number of carbonyl (C=O) groups excluding carboxylic acids is 3. The third-order valence-corrected chi connectivity index (χ3v) is 5.92. The lowest BCUT2D eigenvalue weighted by molar-refractivity contribution is -0.141. The summed E-state index contributed by atoms with van der Waals surface area (Å²) >= 11 is 0. The summed E-state index contributed by atoms with van der Waals surface area (Å²) in [6, 6.07) is 0.0918. The molecule has 0 bridgehead atoms. The van der Waals surface area contributed by atoms with E-state index in [1.54, 1.807) is 9.80 Å². The normalized spacial score (nSPS) is 23.2. The first-order chi connectivity index (χ1) is 13.0. The van der Waals surface area contributed by atoms with Crippen LogP contribution in [0.5, 0.6) is 0 Å². The molecule has 152 valence electrons. The molecule has 3 rings (SSSR count). The quantitative estimate of drug-likeness (QED) is 0.692. The maximum absolute atomic E-state index is 12.6. The van der Waals surface area contributed by atoms with Crippen LogP contribution in [-0.2, 0) is 9.59 Å². The number of likely N-dealkylation sites (tertiary alicyclic amines) is 1. The highest BCUT2D eigenvalue weighted by Crippen LogP contribution is 2.13. The molecule has 0 aliphatic carbocycles. The molecule has 0 N–H and O–H groups in total. The summed E-state index contributed by atoms with van der Waals surface area (Å²) in [7, 11) is 2.07. The van der Waals surface area contributed by atoms with Crippen molar-refractivity contribution in [2.45, 2.75) is 32.1 Å². The molecule has 0 saturated carbocycles. The first kappa shape index (κ1) is 19.9. The first-order valence-corrected chi connectivity index (χ1v) is 10.3. The summed E-state index contributed by atoms with van der Waals surface area (Å²) in [5.41, 5.74) is 0. The molecule has 27 heavy (non-hydrogen) atoms. The van der Waals surface area contributed by atoms with Gasteiger partial charge in [-0.3, -0.25) is 9.59 Å². The van der Waals surface area contributed by atoms with Gasteiger partial charge in [0.05, 0.1) is 6.54 Å². The molecular formula is C19H33N5O3. The van der Waals surface area contributed by atoms with Crippen LogP contribution in [0, 0.1) is 0 Å². The maximum Gasteiger partial charge on any atom is 0.320 e. The van der Waals surface area contributed by atoms with Gasteiger partial charge in [-0.05, 0) is 19.9 Å². The maximum atomic E-state index is 12.6. The van der Waals surface area contributed by atoms with E-state index in [4.69, 9.17) is 0 Å². The van der Waals surface area contributed by atoms with Gasteiger partial charge < -0.3 is 24.5 Å². The Kier molecular flexibility index (Phi) is 6.93. The van der Waals surface area contributed by atoms with Gasteiger partial charge in [-0.25, -0.2) is 4.79 Å². The lowest BCUT2D eigenvalue weighted by atomic mass is 10.1. The van der Waals surface area contributed by atoms with Crippen LogP contribution in [0.1, 0.15) is 32.1 Å². The molecule has 3 heterocycles. The standard InChI is InChI=1S/C19H33N5O3/c1-20-8-10-22(11-9-20)19(27)23-14-12-21(13-15-23)18(26)16-24-7-5-3-2-4-6-17(24)25/h2-16H2,1H3. The fraction of sp³-hybridized carbons (Fsp3) is 0.842. The number of hydrogen-bond acceptors (Lipinski definition) is 4. The van der Waals surface area contributed by atoms with E-state index >= 15 is 0 Å². The molecule has 0 aromatic carbocycles. The highest BCUT2D eigenvalue weighted by Gasteiger charge is 2.29. The third kappa shape index (κ3) is 5.34. The van der Waals surface area contributed by atoms with Crippen LogP contribution in [0.4, 0.5) is 4.79 Å². The van der Waals surface area contributed by atoms with Crippen molar-refractivity contribution >= 4 is 17.8 Å². The van der Waals surface area contributed by atoms with Crippen LogP contribution in [0.3, 0.4) is 0 Å². The van der Waals surface area contributed by atoms with Crippen molar-refractivity contribution in [2.75, 3.05) is 72.5 Å². The van der Waals surface area contributed by atoms with Crippen LogP contribution in [0.25, 0.3) is 0 Å². The Morgan fingerprint density at radius 2 is 1.30 bits per heavy atom. The highest BCUT2D eigenvalue weighted by molar-refractivity contribution is 5.85. The van der Waals surface area contributed by atoms with Crippen LogP contribution < -0.4 is 0 Å². The van der Waals surface area contributed by atoms with Gasteiger partial charge in [-0.15, -0.1) is 0 Å². The van der Waals surface area contributed by atoms with Gasteiger partial charge in [-0.1, -0.05) is 12.8 Å². The Morgan fingerprint density at radius 3 is 1.96 bits per heavy atom. The van der Waals surface area contributed by atoms with Crippen LogP contribution in [0.15, 0.2) is 0 Å². The van der Waals surface area contributed by atoms with E-state index in [1.165, 1.54) is 0 Å². The molecule has 0 atom stereocenters. The molecule has 0 aromatic heterocycles. The van der Waals surface area contributed by atoms with Crippen molar-refractivity contribution in [1.29, 1.82) is 0 Å². The number of piperazine rings is 2. The fourth-order valence-electron chi connectivity index (χ4n) is 3.99. The number of urea groups is 1. The second kappa shape index (κ2) is 9.39. The largest absolute Gasteiger partial charge is 0.338 e. The molecule has 3 aliphatic heterocycles. The highest BCUT2D eigenvalue weighted by atomic mass is 16.2. The summed E-state index contributed by atoms with van der Waals surface area (Å²) in [5.74, 6) is 0.113. The Labute approximate surface area is 162 Å². The van der Waals surface area contributed by atoms with Gasteiger partial charge in [0.25, 0.3) is 0 Å². The van der Waals surface area contributed by atoms with Gasteiger partial charge in [0, 0.05) is 65.3 Å². The van der Waals surface area contributed by atoms with Gasteiger partial charge in [0.15, 0.2) is 0 Å². The minimum atomic E-state index is 0.00983. The van der Waals surface area contributed by atoms with Gasteiger partial charge in [-0.2, -0.15) is 0 Å². The minimum Gasteiger partial charge on any atom is -0.338 e. The number of likely N-dealkylation sites (N-methyl/N-ethyl adjacent to an activating group) is 1. The van der Waals surface area contributed by atoms with Crippen LogP contribution >= 0.6 is 0 Å². The molecule has 8 nitrogen and oxygen atoms in total. The molecule has 8 heteroatoms. The number of nitrogens with zero attached hydrogens (tertiary/aromatic N) is 5. The predicted octanol–water partition coefficient (Wildman–Crippen LogP) is 0.291. The van der Waals surface area contributed by atoms with E-state index in [-0.39, 0.29) is 24.4 Å².